The zero-order chi connectivity index (χ0) is 13.5. The number of carboxylic acids is 1. The van der Waals surface area contributed by atoms with E-state index in [1.54, 1.807) is 0 Å². The first-order valence-corrected chi connectivity index (χ1v) is 6.34. The lowest BCUT2D eigenvalue weighted by Gasteiger charge is -2.11. The van der Waals surface area contributed by atoms with Crippen LogP contribution in [0.2, 0.25) is 0 Å². The molecule has 0 bridgehead atoms. The van der Waals surface area contributed by atoms with E-state index in [4.69, 9.17) is 10.2 Å². The number of carbonyl (C=O) groups is 2. The van der Waals surface area contributed by atoms with Crippen molar-refractivity contribution in [2.24, 2.45) is 0 Å². The predicted octanol–water partition coefficient (Wildman–Crippen LogP) is 0.649. The number of aryl methyl sites for hydroxylation is 1. The van der Waals surface area contributed by atoms with Crippen LogP contribution in [0.3, 0.4) is 0 Å². The molecular formula is C12H15NO4S. The van der Waals surface area contributed by atoms with Crippen LogP contribution in [-0.4, -0.2) is 40.5 Å². The first kappa shape index (κ1) is 14.5. The van der Waals surface area contributed by atoms with Gasteiger partial charge in [0.1, 0.15) is 6.04 Å². The number of thioether (sulfide) groups is 1. The van der Waals surface area contributed by atoms with E-state index in [2.05, 4.69) is 5.32 Å². The molecule has 0 saturated heterocycles. The van der Waals surface area contributed by atoms with E-state index in [1.807, 2.05) is 31.2 Å². The molecule has 3 N–H and O–H groups in total. The summed E-state index contributed by atoms with van der Waals surface area (Å²) in [4.78, 5) is 23.1. The Bertz CT molecular complexity index is 436. The number of aliphatic hydroxyl groups is 1. The molecule has 0 aliphatic carbocycles. The summed E-state index contributed by atoms with van der Waals surface area (Å²) in [6.07, 6.45) is 0. The van der Waals surface area contributed by atoms with Crippen molar-refractivity contribution in [3.63, 3.8) is 0 Å². The third-order valence-electron chi connectivity index (χ3n) is 2.27. The molecule has 1 aromatic carbocycles. The highest BCUT2D eigenvalue weighted by atomic mass is 32.2. The smallest absolute Gasteiger partial charge is 0.328 e. The molecule has 6 heteroatoms. The number of aliphatic hydroxyl groups excluding tert-OH is 1. The third-order valence-corrected chi connectivity index (χ3v) is 3.44. The Morgan fingerprint density at radius 3 is 2.61 bits per heavy atom. The molecule has 1 rings (SSSR count). The van der Waals surface area contributed by atoms with Gasteiger partial charge in [0.15, 0.2) is 0 Å². The molecule has 1 amide bonds. The van der Waals surface area contributed by atoms with Crippen molar-refractivity contribution >= 4 is 23.6 Å². The van der Waals surface area contributed by atoms with Crippen LogP contribution >= 0.6 is 11.8 Å². The molecule has 1 unspecified atom stereocenters. The monoisotopic (exact) mass is 269 g/mol. The molecule has 0 aliphatic heterocycles. The van der Waals surface area contributed by atoms with Crippen LogP contribution in [-0.2, 0) is 9.59 Å². The minimum atomic E-state index is -1.24. The molecule has 0 radical (unpaired) electrons. The highest BCUT2D eigenvalue weighted by Crippen LogP contribution is 2.21. The summed E-state index contributed by atoms with van der Waals surface area (Å²) in [7, 11) is 0. The second kappa shape index (κ2) is 7.03. The number of carbonyl (C=O) groups excluding carboxylic acids is 1. The van der Waals surface area contributed by atoms with Crippen LogP contribution in [0.15, 0.2) is 29.2 Å². The summed E-state index contributed by atoms with van der Waals surface area (Å²) in [6.45, 7) is 1.32. The average molecular weight is 269 g/mol. The maximum atomic E-state index is 11.5. The number of hydrogen-bond donors (Lipinski definition) is 3. The number of rotatable bonds is 6. The SMILES string of the molecule is Cc1ccccc1SCC(=O)NC(CO)C(=O)O. The lowest BCUT2D eigenvalue weighted by Crippen LogP contribution is -2.44. The lowest BCUT2D eigenvalue weighted by molar-refractivity contribution is -0.142. The van der Waals surface area contributed by atoms with Crippen molar-refractivity contribution in [2.45, 2.75) is 17.9 Å². The van der Waals surface area contributed by atoms with Gasteiger partial charge in [-0.25, -0.2) is 4.79 Å². The molecule has 0 aliphatic rings. The maximum absolute atomic E-state index is 11.5. The Labute approximate surface area is 109 Å². The highest BCUT2D eigenvalue weighted by Gasteiger charge is 2.18. The molecular weight excluding hydrogens is 254 g/mol. The summed E-state index contributed by atoms with van der Waals surface area (Å²) < 4.78 is 0. The van der Waals surface area contributed by atoms with Crippen molar-refractivity contribution in [3.05, 3.63) is 29.8 Å². The van der Waals surface area contributed by atoms with Crippen molar-refractivity contribution in [3.8, 4) is 0 Å². The normalized spacial score (nSPS) is 11.9. The van der Waals surface area contributed by atoms with E-state index >= 15 is 0 Å². The Morgan fingerprint density at radius 1 is 1.39 bits per heavy atom. The molecule has 18 heavy (non-hydrogen) atoms. The third kappa shape index (κ3) is 4.38. The molecule has 5 nitrogen and oxygen atoms in total. The molecule has 0 aromatic heterocycles. The van der Waals surface area contributed by atoms with Gasteiger partial charge in [-0.05, 0) is 18.6 Å². The summed E-state index contributed by atoms with van der Waals surface area (Å²) in [5.74, 6) is -1.54. The summed E-state index contributed by atoms with van der Waals surface area (Å²) >= 11 is 1.33. The summed E-state index contributed by atoms with van der Waals surface area (Å²) in [5.41, 5.74) is 1.06. The Kier molecular flexibility index (Phi) is 5.67. The zero-order valence-corrected chi connectivity index (χ0v) is 10.7. The molecule has 0 spiro atoms. The van der Waals surface area contributed by atoms with Crippen molar-refractivity contribution in [1.29, 1.82) is 0 Å². The van der Waals surface area contributed by atoms with E-state index in [1.165, 1.54) is 11.8 Å². The maximum Gasteiger partial charge on any atom is 0.328 e. The Balaban J connectivity index is 2.47. The van der Waals surface area contributed by atoms with Gasteiger partial charge in [0.25, 0.3) is 0 Å². The topological polar surface area (TPSA) is 86.6 Å². The number of aliphatic carboxylic acids is 1. The molecule has 0 saturated carbocycles. The van der Waals surface area contributed by atoms with Crippen LogP contribution in [0.5, 0.6) is 0 Å². The largest absolute Gasteiger partial charge is 0.480 e. The van der Waals surface area contributed by atoms with Gasteiger partial charge < -0.3 is 15.5 Å². The minimum absolute atomic E-state index is 0.120. The number of carboxylic acid groups (broad SMARTS) is 1. The van der Waals surface area contributed by atoms with Crippen LogP contribution in [0, 0.1) is 6.92 Å². The molecule has 98 valence electrons. The fraction of sp³-hybridized carbons (Fsp3) is 0.333. The molecule has 0 fully saturated rings. The van der Waals surface area contributed by atoms with Crippen molar-refractivity contribution in [2.75, 3.05) is 12.4 Å². The van der Waals surface area contributed by atoms with Gasteiger partial charge in [-0.15, -0.1) is 11.8 Å². The fourth-order valence-electron chi connectivity index (χ4n) is 1.28. The van der Waals surface area contributed by atoms with Crippen LogP contribution in [0.1, 0.15) is 5.56 Å². The van der Waals surface area contributed by atoms with Crippen molar-refractivity contribution in [1.82, 2.24) is 5.32 Å². The van der Waals surface area contributed by atoms with Crippen molar-refractivity contribution < 1.29 is 19.8 Å². The van der Waals surface area contributed by atoms with Gasteiger partial charge >= 0.3 is 5.97 Å². The second-order valence-corrected chi connectivity index (χ2v) is 4.71. The second-order valence-electron chi connectivity index (χ2n) is 3.70. The van der Waals surface area contributed by atoms with E-state index < -0.39 is 24.5 Å². The first-order valence-electron chi connectivity index (χ1n) is 5.36. The van der Waals surface area contributed by atoms with Crippen LogP contribution in [0.4, 0.5) is 0 Å². The average Bonchev–Trinajstić information content (AvgIpc) is 2.34. The number of nitrogens with one attached hydrogen (secondary N) is 1. The number of benzene rings is 1. The van der Waals surface area contributed by atoms with Gasteiger partial charge in [-0.1, -0.05) is 18.2 Å². The highest BCUT2D eigenvalue weighted by molar-refractivity contribution is 8.00. The van der Waals surface area contributed by atoms with E-state index in [0.717, 1.165) is 10.5 Å². The zero-order valence-electron chi connectivity index (χ0n) is 9.92. The van der Waals surface area contributed by atoms with Gasteiger partial charge in [0.2, 0.25) is 5.91 Å². The quantitative estimate of drug-likeness (QED) is 0.660. The Hall–Kier alpha value is -1.53. The Morgan fingerprint density at radius 2 is 2.06 bits per heavy atom. The number of hydrogen-bond acceptors (Lipinski definition) is 4. The first-order chi connectivity index (χ1) is 8.54. The van der Waals surface area contributed by atoms with Gasteiger partial charge in [-0.2, -0.15) is 0 Å². The van der Waals surface area contributed by atoms with Gasteiger partial charge in [-0.3, -0.25) is 4.79 Å². The van der Waals surface area contributed by atoms with E-state index in [-0.39, 0.29) is 5.75 Å². The fourth-order valence-corrected chi connectivity index (χ4v) is 2.12. The predicted molar refractivity (Wildman–Crippen MR) is 68.6 cm³/mol. The number of amides is 1. The van der Waals surface area contributed by atoms with Crippen LogP contribution in [0.25, 0.3) is 0 Å². The summed E-state index contributed by atoms with van der Waals surface area (Å²) in [6, 6.07) is 6.38. The standard InChI is InChI=1S/C12H15NO4S/c1-8-4-2-3-5-10(8)18-7-11(15)13-9(6-14)12(16)17/h2-5,9,14H,6-7H2,1H3,(H,13,15)(H,16,17). The van der Waals surface area contributed by atoms with E-state index in [9.17, 15) is 9.59 Å². The lowest BCUT2D eigenvalue weighted by atomic mass is 10.2. The van der Waals surface area contributed by atoms with Gasteiger partial charge in [0.05, 0.1) is 12.4 Å². The molecule has 1 aromatic rings. The van der Waals surface area contributed by atoms with Crippen LogP contribution < -0.4 is 5.32 Å². The molecule has 0 heterocycles. The van der Waals surface area contributed by atoms with E-state index in [0.29, 0.717) is 0 Å². The van der Waals surface area contributed by atoms with Gasteiger partial charge in [0, 0.05) is 4.90 Å². The minimum Gasteiger partial charge on any atom is -0.480 e. The summed E-state index contributed by atoms with van der Waals surface area (Å²) in [5, 5.41) is 19.7. The molecule has 1 atom stereocenters.